The van der Waals surface area contributed by atoms with Crippen LogP contribution < -0.4 is 5.73 Å². The Morgan fingerprint density at radius 1 is 1.50 bits per heavy atom. The largest absolute Gasteiger partial charge is 0.380 e. The van der Waals surface area contributed by atoms with Gasteiger partial charge in [0, 0.05) is 19.2 Å². The zero-order chi connectivity index (χ0) is 10.0. The lowest BCUT2D eigenvalue weighted by atomic mass is 9.68. The third-order valence-corrected chi connectivity index (χ3v) is 3.96. The van der Waals surface area contributed by atoms with Crippen molar-refractivity contribution in [3.05, 3.63) is 0 Å². The second-order valence-electron chi connectivity index (χ2n) is 4.99. The van der Waals surface area contributed by atoms with Crippen molar-refractivity contribution in [3.63, 3.8) is 0 Å². The lowest BCUT2D eigenvalue weighted by Crippen LogP contribution is -2.48. The average molecular weight is 198 g/mol. The van der Waals surface area contributed by atoms with Gasteiger partial charge in [-0.3, -0.25) is 0 Å². The van der Waals surface area contributed by atoms with Crippen LogP contribution in [0.3, 0.4) is 0 Å². The minimum atomic E-state index is 0.442. The first-order chi connectivity index (χ1) is 6.76. The summed E-state index contributed by atoms with van der Waals surface area (Å²) in [5, 5.41) is 0. The van der Waals surface area contributed by atoms with Gasteiger partial charge in [0.25, 0.3) is 0 Å². The summed E-state index contributed by atoms with van der Waals surface area (Å²) >= 11 is 0. The summed E-state index contributed by atoms with van der Waals surface area (Å²) in [6.45, 7) is 3.87. The molecule has 2 aliphatic rings. The molecule has 82 valence electrons. The fraction of sp³-hybridized carbons (Fsp3) is 1.00. The Morgan fingerprint density at radius 3 is 2.71 bits per heavy atom. The molecule has 1 unspecified atom stereocenters. The van der Waals surface area contributed by atoms with Crippen molar-refractivity contribution >= 4 is 0 Å². The molecule has 3 nitrogen and oxygen atoms in total. The highest BCUT2D eigenvalue weighted by Crippen LogP contribution is 2.40. The molecule has 2 rings (SSSR count). The molecule has 0 aromatic rings. The normalized spacial score (nSPS) is 30.6. The Balaban J connectivity index is 1.83. The van der Waals surface area contributed by atoms with Crippen LogP contribution in [-0.4, -0.2) is 44.3 Å². The van der Waals surface area contributed by atoms with Crippen molar-refractivity contribution in [2.75, 3.05) is 33.4 Å². The van der Waals surface area contributed by atoms with Crippen LogP contribution in [0.15, 0.2) is 0 Å². The molecule has 2 fully saturated rings. The van der Waals surface area contributed by atoms with E-state index in [-0.39, 0.29) is 0 Å². The van der Waals surface area contributed by atoms with Crippen LogP contribution in [0.2, 0.25) is 0 Å². The molecule has 1 saturated carbocycles. The van der Waals surface area contributed by atoms with E-state index in [1.807, 2.05) is 0 Å². The van der Waals surface area contributed by atoms with E-state index in [0.29, 0.717) is 11.5 Å². The van der Waals surface area contributed by atoms with Crippen molar-refractivity contribution in [3.8, 4) is 0 Å². The van der Waals surface area contributed by atoms with Gasteiger partial charge in [-0.25, -0.2) is 0 Å². The number of hydrogen-bond donors (Lipinski definition) is 1. The Bertz CT molecular complexity index is 180. The highest BCUT2D eigenvalue weighted by atomic mass is 16.5. The van der Waals surface area contributed by atoms with E-state index in [0.717, 1.165) is 26.3 Å². The first kappa shape index (κ1) is 10.4. The number of nitrogens with two attached hydrogens (primary N) is 1. The molecule has 1 aliphatic heterocycles. The number of ether oxygens (including phenoxy) is 1. The molecule has 0 bridgehead atoms. The van der Waals surface area contributed by atoms with E-state index in [2.05, 4.69) is 11.9 Å². The molecule has 0 spiro atoms. The van der Waals surface area contributed by atoms with Crippen LogP contribution in [0.1, 0.15) is 25.7 Å². The van der Waals surface area contributed by atoms with Gasteiger partial charge < -0.3 is 15.4 Å². The molecular formula is C11H22N2O. The molecule has 1 atom stereocenters. The average Bonchev–Trinajstić information content (AvgIpc) is 2.63. The molecule has 2 N–H and O–H groups in total. The third-order valence-electron chi connectivity index (χ3n) is 3.96. The van der Waals surface area contributed by atoms with Crippen LogP contribution in [0.25, 0.3) is 0 Å². The van der Waals surface area contributed by atoms with Gasteiger partial charge in [0.1, 0.15) is 0 Å². The van der Waals surface area contributed by atoms with Crippen molar-refractivity contribution in [2.24, 2.45) is 11.1 Å². The Kier molecular flexibility index (Phi) is 3.10. The maximum atomic E-state index is 5.86. The fourth-order valence-electron chi connectivity index (χ4n) is 2.63. The smallest absolute Gasteiger partial charge is 0.0622 e. The second kappa shape index (κ2) is 4.17. The summed E-state index contributed by atoms with van der Waals surface area (Å²) in [6, 6.07) is 0.638. The van der Waals surface area contributed by atoms with Crippen LogP contribution in [0.5, 0.6) is 0 Å². The van der Waals surface area contributed by atoms with Crippen LogP contribution in [-0.2, 0) is 4.74 Å². The van der Waals surface area contributed by atoms with Crippen LogP contribution >= 0.6 is 0 Å². The second-order valence-corrected chi connectivity index (χ2v) is 4.99. The molecule has 0 aromatic heterocycles. The molecule has 0 radical (unpaired) electrons. The van der Waals surface area contributed by atoms with E-state index >= 15 is 0 Å². The van der Waals surface area contributed by atoms with Crippen molar-refractivity contribution in [1.82, 2.24) is 4.90 Å². The lowest BCUT2D eigenvalue weighted by molar-refractivity contribution is 0.0619. The predicted molar refractivity (Wildman–Crippen MR) is 57.2 cm³/mol. The molecule has 0 aromatic carbocycles. The highest BCUT2D eigenvalue weighted by molar-refractivity contribution is 4.92. The number of hydrogen-bond acceptors (Lipinski definition) is 3. The predicted octanol–water partition coefficient (Wildman–Crippen LogP) is 0.836. The van der Waals surface area contributed by atoms with Gasteiger partial charge in [-0.05, 0) is 38.3 Å². The van der Waals surface area contributed by atoms with Gasteiger partial charge in [0.15, 0.2) is 0 Å². The standard InChI is InChI=1S/C11H22N2O/c1-13(10-3-6-14-7-10)9-11(8-12)4-2-5-11/h10H,2-9,12H2,1H3. The molecule has 1 saturated heterocycles. The Labute approximate surface area is 86.6 Å². The SMILES string of the molecule is CN(CC1(CN)CCC1)C1CCOC1. The van der Waals surface area contributed by atoms with E-state index in [9.17, 15) is 0 Å². The zero-order valence-corrected chi connectivity index (χ0v) is 9.17. The van der Waals surface area contributed by atoms with Crippen molar-refractivity contribution in [2.45, 2.75) is 31.7 Å². The summed E-state index contributed by atoms with van der Waals surface area (Å²) in [5.74, 6) is 0. The zero-order valence-electron chi connectivity index (χ0n) is 9.17. The summed E-state index contributed by atoms with van der Waals surface area (Å²) in [4.78, 5) is 2.46. The molecule has 3 heteroatoms. The topological polar surface area (TPSA) is 38.5 Å². The van der Waals surface area contributed by atoms with E-state index in [1.54, 1.807) is 0 Å². The molecular weight excluding hydrogens is 176 g/mol. The Morgan fingerprint density at radius 2 is 2.29 bits per heavy atom. The summed E-state index contributed by atoms with van der Waals surface area (Å²) in [7, 11) is 2.22. The molecule has 0 amide bonds. The number of likely N-dealkylation sites (N-methyl/N-ethyl adjacent to an activating group) is 1. The first-order valence-corrected chi connectivity index (χ1v) is 5.74. The minimum Gasteiger partial charge on any atom is -0.380 e. The van der Waals surface area contributed by atoms with Gasteiger partial charge in [-0.2, -0.15) is 0 Å². The number of nitrogens with zero attached hydrogens (tertiary/aromatic N) is 1. The fourth-order valence-corrected chi connectivity index (χ4v) is 2.63. The van der Waals surface area contributed by atoms with E-state index in [1.165, 1.54) is 25.7 Å². The van der Waals surface area contributed by atoms with Crippen molar-refractivity contribution in [1.29, 1.82) is 0 Å². The summed E-state index contributed by atoms with van der Waals surface area (Å²) in [5.41, 5.74) is 6.30. The first-order valence-electron chi connectivity index (χ1n) is 5.74. The van der Waals surface area contributed by atoms with Gasteiger partial charge in [0.2, 0.25) is 0 Å². The maximum Gasteiger partial charge on any atom is 0.0622 e. The molecule has 14 heavy (non-hydrogen) atoms. The minimum absolute atomic E-state index is 0.442. The quantitative estimate of drug-likeness (QED) is 0.727. The molecule has 1 aliphatic carbocycles. The van der Waals surface area contributed by atoms with Gasteiger partial charge in [0.05, 0.1) is 6.61 Å². The summed E-state index contributed by atoms with van der Waals surface area (Å²) in [6.07, 6.45) is 5.20. The van der Waals surface area contributed by atoms with E-state index in [4.69, 9.17) is 10.5 Å². The van der Waals surface area contributed by atoms with Crippen LogP contribution in [0.4, 0.5) is 0 Å². The Hall–Kier alpha value is -0.120. The number of rotatable bonds is 4. The monoisotopic (exact) mass is 198 g/mol. The van der Waals surface area contributed by atoms with Crippen LogP contribution in [0, 0.1) is 5.41 Å². The highest BCUT2D eigenvalue weighted by Gasteiger charge is 2.38. The van der Waals surface area contributed by atoms with Gasteiger partial charge >= 0.3 is 0 Å². The van der Waals surface area contributed by atoms with Gasteiger partial charge in [-0.15, -0.1) is 0 Å². The molecule has 1 heterocycles. The lowest BCUT2D eigenvalue weighted by Gasteiger charge is -2.44. The third kappa shape index (κ3) is 1.95. The van der Waals surface area contributed by atoms with E-state index < -0.39 is 0 Å². The maximum absolute atomic E-state index is 5.86. The summed E-state index contributed by atoms with van der Waals surface area (Å²) < 4.78 is 5.41. The van der Waals surface area contributed by atoms with Gasteiger partial charge in [-0.1, -0.05) is 6.42 Å². The van der Waals surface area contributed by atoms with Crippen molar-refractivity contribution < 1.29 is 4.74 Å².